The Balaban J connectivity index is 2.38. The minimum Gasteiger partial charge on any atom is -0.490 e. The van der Waals surface area contributed by atoms with Crippen LogP contribution >= 0.6 is 11.8 Å². The molecular formula is C10H11N3O3S. The van der Waals surface area contributed by atoms with Crippen LogP contribution in [0.25, 0.3) is 0 Å². The lowest BCUT2D eigenvalue weighted by Gasteiger charge is -2.04. The molecule has 1 heterocycles. The molecule has 0 saturated heterocycles. The molecule has 0 fully saturated rings. The first-order valence-electron chi connectivity index (χ1n) is 4.87. The lowest BCUT2D eigenvalue weighted by molar-refractivity contribution is -0.385. The first-order chi connectivity index (χ1) is 8.11. The molecule has 6 nitrogen and oxygen atoms in total. The number of rotatable bonds is 3. The van der Waals surface area contributed by atoms with E-state index in [4.69, 9.17) is 4.74 Å². The van der Waals surface area contributed by atoms with E-state index < -0.39 is 4.92 Å². The van der Waals surface area contributed by atoms with Crippen molar-refractivity contribution in [2.45, 2.75) is 0 Å². The second-order valence-corrected chi connectivity index (χ2v) is 4.41. The molecular weight excluding hydrogens is 242 g/mol. The summed E-state index contributed by atoms with van der Waals surface area (Å²) in [6.07, 6.45) is 0. The summed E-state index contributed by atoms with van der Waals surface area (Å²) in [4.78, 5) is 10.3. The summed E-state index contributed by atoms with van der Waals surface area (Å²) in [6.45, 7) is 0. The van der Waals surface area contributed by atoms with Gasteiger partial charge >= 0.3 is 5.69 Å². The second-order valence-electron chi connectivity index (χ2n) is 3.48. The SMILES string of the molecule is COc1cc(C2=NN(C)CS2)ccc1[N+](=O)[O-]. The van der Waals surface area contributed by atoms with E-state index in [1.807, 2.05) is 12.1 Å². The van der Waals surface area contributed by atoms with Gasteiger partial charge in [0, 0.05) is 18.7 Å². The van der Waals surface area contributed by atoms with E-state index in [1.165, 1.54) is 13.2 Å². The predicted molar refractivity (Wildman–Crippen MR) is 66.4 cm³/mol. The van der Waals surface area contributed by atoms with Crippen LogP contribution in [0.3, 0.4) is 0 Å². The first kappa shape index (κ1) is 11.7. The highest BCUT2D eigenvalue weighted by Gasteiger charge is 2.19. The predicted octanol–water partition coefficient (Wildman–Crippen LogP) is 1.90. The molecule has 0 unspecified atom stereocenters. The molecule has 1 aliphatic heterocycles. The lowest BCUT2D eigenvalue weighted by atomic mass is 10.2. The highest BCUT2D eigenvalue weighted by atomic mass is 32.2. The number of thioether (sulfide) groups is 1. The lowest BCUT2D eigenvalue weighted by Crippen LogP contribution is -2.02. The molecule has 90 valence electrons. The summed E-state index contributed by atoms with van der Waals surface area (Å²) in [5, 5.41) is 17.7. The Kier molecular flexibility index (Phi) is 3.19. The van der Waals surface area contributed by atoms with Crippen LogP contribution in [-0.2, 0) is 0 Å². The summed E-state index contributed by atoms with van der Waals surface area (Å²) in [5.74, 6) is 1.04. The van der Waals surface area contributed by atoms with Gasteiger partial charge in [-0.25, -0.2) is 0 Å². The Morgan fingerprint density at radius 3 is 2.88 bits per heavy atom. The van der Waals surface area contributed by atoms with Crippen LogP contribution in [0.2, 0.25) is 0 Å². The van der Waals surface area contributed by atoms with Crippen LogP contribution < -0.4 is 4.74 Å². The maximum Gasteiger partial charge on any atom is 0.310 e. The Morgan fingerprint density at radius 2 is 2.35 bits per heavy atom. The van der Waals surface area contributed by atoms with E-state index >= 15 is 0 Å². The molecule has 0 aliphatic carbocycles. The minimum atomic E-state index is -0.460. The molecule has 1 aromatic carbocycles. The third kappa shape index (κ3) is 2.33. The zero-order valence-corrected chi connectivity index (χ0v) is 10.2. The number of ether oxygens (including phenoxy) is 1. The molecule has 0 bridgehead atoms. The molecule has 7 heteroatoms. The topological polar surface area (TPSA) is 68.0 Å². The highest BCUT2D eigenvalue weighted by molar-refractivity contribution is 8.14. The summed E-state index contributed by atoms with van der Waals surface area (Å²) < 4.78 is 5.01. The zero-order valence-electron chi connectivity index (χ0n) is 9.41. The summed E-state index contributed by atoms with van der Waals surface area (Å²) in [6, 6.07) is 4.77. The van der Waals surface area contributed by atoms with Crippen LogP contribution in [0.4, 0.5) is 5.69 Å². The summed E-state index contributed by atoms with van der Waals surface area (Å²) >= 11 is 1.59. The average Bonchev–Trinajstić information content (AvgIpc) is 2.75. The van der Waals surface area contributed by atoms with E-state index in [0.717, 1.165) is 16.5 Å². The van der Waals surface area contributed by atoms with Crippen LogP contribution in [0, 0.1) is 10.1 Å². The second kappa shape index (κ2) is 4.62. The van der Waals surface area contributed by atoms with Crippen LogP contribution in [0.5, 0.6) is 5.75 Å². The largest absolute Gasteiger partial charge is 0.490 e. The van der Waals surface area contributed by atoms with Crippen molar-refractivity contribution in [2.24, 2.45) is 5.10 Å². The zero-order chi connectivity index (χ0) is 12.4. The number of nitro groups is 1. The molecule has 0 radical (unpaired) electrons. The van der Waals surface area contributed by atoms with Crippen molar-refractivity contribution in [1.29, 1.82) is 0 Å². The fourth-order valence-electron chi connectivity index (χ4n) is 1.47. The third-order valence-corrected chi connectivity index (χ3v) is 3.37. The number of methoxy groups -OCH3 is 1. The van der Waals surface area contributed by atoms with Crippen molar-refractivity contribution >= 4 is 22.5 Å². The Morgan fingerprint density at radius 1 is 1.59 bits per heavy atom. The van der Waals surface area contributed by atoms with Gasteiger partial charge in [0.25, 0.3) is 0 Å². The molecule has 0 N–H and O–H groups in total. The Labute approximate surface area is 102 Å². The van der Waals surface area contributed by atoms with Crippen molar-refractivity contribution in [2.75, 3.05) is 20.0 Å². The summed E-state index contributed by atoms with van der Waals surface area (Å²) in [7, 11) is 3.30. The molecule has 1 aromatic rings. The van der Waals surface area contributed by atoms with Gasteiger partial charge in [0.1, 0.15) is 5.04 Å². The smallest absolute Gasteiger partial charge is 0.310 e. The van der Waals surface area contributed by atoms with Crippen molar-refractivity contribution in [3.63, 3.8) is 0 Å². The van der Waals surface area contributed by atoms with Gasteiger partial charge in [-0.3, -0.25) is 15.1 Å². The van der Waals surface area contributed by atoms with E-state index in [9.17, 15) is 10.1 Å². The molecule has 1 aliphatic rings. The van der Waals surface area contributed by atoms with Crippen LogP contribution in [-0.4, -0.2) is 35.0 Å². The minimum absolute atomic E-state index is 0.0341. The molecule has 0 amide bonds. The monoisotopic (exact) mass is 253 g/mol. The molecule has 0 saturated carbocycles. The normalized spacial score (nSPS) is 14.7. The molecule has 2 rings (SSSR count). The van der Waals surface area contributed by atoms with E-state index in [1.54, 1.807) is 23.9 Å². The Bertz CT molecular complexity index is 490. The van der Waals surface area contributed by atoms with Crippen LogP contribution in [0.15, 0.2) is 23.3 Å². The average molecular weight is 253 g/mol. The maximum atomic E-state index is 10.7. The van der Waals surface area contributed by atoms with Crippen LogP contribution in [0.1, 0.15) is 5.56 Å². The van der Waals surface area contributed by atoms with Gasteiger partial charge in [-0.2, -0.15) is 5.10 Å². The van der Waals surface area contributed by atoms with Crippen molar-refractivity contribution in [1.82, 2.24) is 5.01 Å². The number of hydrazone groups is 1. The van der Waals surface area contributed by atoms with Gasteiger partial charge in [-0.05, 0) is 12.1 Å². The first-order valence-corrected chi connectivity index (χ1v) is 5.85. The summed E-state index contributed by atoms with van der Waals surface area (Å²) in [5.41, 5.74) is 0.801. The number of hydrogen-bond acceptors (Lipinski definition) is 6. The molecule has 0 atom stereocenters. The highest BCUT2D eigenvalue weighted by Crippen LogP contribution is 2.30. The van der Waals surface area contributed by atoms with Crippen molar-refractivity contribution in [3.05, 3.63) is 33.9 Å². The third-order valence-electron chi connectivity index (χ3n) is 2.27. The number of nitrogens with zero attached hydrogens (tertiary/aromatic N) is 3. The number of benzene rings is 1. The standard InChI is InChI=1S/C10H11N3O3S/c1-12-6-17-10(11-12)7-3-4-8(13(14)15)9(5-7)16-2/h3-5H,6H2,1-2H3. The Hall–Kier alpha value is -1.76. The van der Waals surface area contributed by atoms with Gasteiger partial charge in [-0.1, -0.05) is 11.8 Å². The van der Waals surface area contributed by atoms with E-state index in [2.05, 4.69) is 5.10 Å². The maximum absolute atomic E-state index is 10.7. The van der Waals surface area contributed by atoms with Crippen molar-refractivity contribution in [3.8, 4) is 5.75 Å². The quantitative estimate of drug-likeness (QED) is 0.608. The molecule has 17 heavy (non-hydrogen) atoms. The fourth-order valence-corrected chi connectivity index (χ4v) is 2.33. The van der Waals surface area contributed by atoms with Gasteiger partial charge in [0.15, 0.2) is 5.75 Å². The van der Waals surface area contributed by atoms with E-state index in [-0.39, 0.29) is 11.4 Å². The van der Waals surface area contributed by atoms with E-state index in [0.29, 0.717) is 0 Å². The number of hydrogen-bond donors (Lipinski definition) is 0. The van der Waals surface area contributed by atoms with Gasteiger partial charge in [0.05, 0.1) is 17.9 Å². The fraction of sp³-hybridized carbons (Fsp3) is 0.300. The molecule has 0 spiro atoms. The van der Waals surface area contributed by atoms with Gasteiger partial charge in [-0.15, -0.1) is 0 Å². The van der Waals surface area contributed by atoms with Gasteiger partial charge < -0.3 is 4.74 Å². The van der Waals surface area contributed by atoms with Gasteiger partial charge in [0.2, 0.25) is 0 Å². The number of nitro benzene ring substituents is 1. The molecule has 0 aromatic heterocycles. The van der Waals surface area contributed by atoms with Crippen molar-refractivity contribution < 1.29 is 9.66 Å².